The van der Waals surface area contributed by atoms with Crippen molar-refractivity contribution in [1.82, 2.24) is 0 Å². The first-order valence-electron chi connectivity index (χ1n) is 34.4. The van der Waals surface area contributed by atoms with Gasteiger partial charge in [-0.1, -0.05) is 318 Å². The van der Waals surface area contributed by atoms with Gasteiger partial charge in [0.15, 0.2) is 6.10 Å². The number of esters is 3. The minimum Gasteiger partial charge on any atom is -0.462 e. The predicted octanol–water partition coefficient (Wildman–Crippen LogP) is 23.7. The average molecular weight is 1100 g/mol. The van der Waals surface area contributed by atoms with Crippen molar-refractivity contribution in [2.24, 2.45) is 0 Å². The second-order valence-corrected chi connectivity index (χ2v) is 23.1. The first-order valence-corrected chi connectivity index (χ1v) is 34.4. The standard InChI is InChI=1S/C73H130O6/c1-4-7-10-13-16-19-22-25-28-30-31-32-33-34-35-36-37-38-39-40-41-43-45-48-51-54-57-60-63-66-72(75)78-69-70(68-77-71(74)65-62-59-56-53-50-47-44-27-24-21-18-15-12-9-6-3)79-73(76)67-64-61-58-55-52-49-46-42-29-26-23-20-17-14-11-8-5-2/h7,10,16,19,25,27-28,31-32,34-35,44,70H,4-6,8-9,11-15,17-18,20-24,26,29-30,33,36-43,45-69H2,1-3H3/b10-7-,19-16-,28-25-,32-31-,35-34-,44-27-. The fourth-order valence-electron chi connectivity index (χ4n) is 10.1. The summed E-state index contributed by atoms with van der Waals surface area (Å²) in [6.07, 6.45) is 87.8. The molecule has 0 saturated heterocycles. The molecule has 1 unspecified atom stereocenters. The molecule has 0 spiro atoms. The molecule has 0 amide bonds. The van der Waals surface area contributed by atoms with E-state index in [0.717, 1.165) is 96.3 Å². The summed E-state index contributed by atoms with van der Waals surface area (Å²) in [5.41, 5.74) is 0. The number of carbonyl (C=O) groups is 3. The van der Waals surface area contributed by atoms with Crippen LogP contribution >= 0.6 is 0 Å². The van der Waals surface area contributed by atoms with Crippen LogP contribution in [0.2, 0.25) is 0 Å². The van der Waals surface area contributed by atoms with Gasteiger partial charge in [-0.15, -0.1) is 0 Å². The highest BCUT2D eigenvalue weighted by molar-refractivity contribution is 5.71. The van der Waals surface area contributed by atoms with E-state index in [2.05, 4.69) is 93.7 Å². The van der Waals surface area contributed by atoms with Crippen molar-refractivity contribution in [3.8, 4) is 0 Å². The van der Waals surface area contributed by atoms with E-state index in [0.29, 0.717) is 19.3 Å². The maximum Gasteiger partial charge on any atom is 0.306 e. The van der Waals surface area contributed by atoms with Crippen LogP contribution in [0, 0.1) is 0 Å². The van der Waals surface area contributed by atoms with E-state index < -0.39 is 6.10 Å². The summed E-state index contributed by atoms with van der Waals surface area (Å²) in [5, 5.41) is 0. The number of ether oxygens (including phenoxy) is 3. The Bertz CT molecular complexity index is 1450. The molecule has 0 radical (unpaired) electrons. The maximum absolute atomic E-state index is 12.9. The Morgan fingerprint density at radius 2 is 0.494 bits per heavy atom. The molecule has 0 aromatic carbocycles. The molecule has 79 heavy (non-hydrogen) atoms. The van der Waals surface area contributed by atoms with Crippen LogP contribution in [0.1, 0.15) is 355 Å². The van der Waals surface area contributed by atoms with Gasteiger partial charge in [0.1, 0.15) is 13.2 Å². The Balaban J connectivity index is 4.25. The van der Waals surface area contributed by atoms with Gasteiger partial charge in [-0.3, -0.25) is 14.4 Å². The summed E-state index contributed by atoms with van der Waals surface area (Å²) in [7, 11) is 0. The molecule has 0 aromatic heterocycles. The van der Waals surface area contributed by atoms with Crippen molar-refractivity contribution in [2.45, 2.75) is 361 Å². The number of carbonyl (C=O) groups excluding carboxylic acids is 3. The van der Waals surface area contributed by atoms with Gasteiger partial charge >= 0.3 is 17.9 Å². The Labute approximate surface area is 491 Å². The second-order valence-electron chi connectivity index (χ2n) is 23.1. The van der Waals surface area contributed by atoms with E-state index in [1.54, 1.807) is 0 Å². The van der Waals surface area contributed by atoms with Crippen molar-refractivity contribution in [2.75, 3.05) is 13.2 Å². The molecule has 458 valence electrons. The normalized spacial score (nSPS) is 12.5. The number of hydrogen-bond acceptors (Lipinski definition) is 6. The first-order chi connectivity index (χ1) is 39.0. The van der Waals surface area contributed by atoms with Gasteiger partial charge in [0, 0.05) is 19.3 Å². The predicted molar refractivity (Wildman–Crippen MR) is 344 cm³/mol. The molecule has 0 aliphatic carbocycles. The van der Waals surface area contributed by atoms with Crippen molar-refractivity contribution >= 4 is 17.9 Å². The lowest BCUT2D eigenvalue weighted by atomic mass is 10.0. The number of rotatable bonds is 63. The monoisotopic (exact) mass is 1100 g/mol. The van der Waals surface area contributed by atoms with Crippen LogP contribution in [0.4, 0.5) is 0 Å². The Hall–Kier alpha value is -3.15. The van der Waals surface area contributed by atoms with Gasteiger partial charge in [-0.25, -0.2) is 0 Å². The highest BCUT2D eigenvalue weighted by Gasteiger charge is 2.19. The third kappa shape index (κ3) is 65.5. The van der Waals surface area contributed by atoms with E-state index in [4.69, 9.17) is 14.2 Å². The SMILES string of the molecule is CC/C=C\C/C=C\C/C=C\C/C=C\C/C=C\CCCCCCCCCCCCCCCC(=O)OCC(COC(=O)CCCCCCC/C=C\CCCCCCCC)OC(=O)CCCCCCCCCCCCCCCCCCC. The lowest BCUT2D eigenvalue weighted by Crippen LogP contribution is -2.30. The van der Waals surface area contributed by atoms with Crippen molar-refractivity contribution in [1.29, 1.82) is 0 Å². The Kier molecular flexibility index (Phi) is 64.7. The van der Waals surface area contributed by atoms with Gasteiger partial charge in [0.2, 0.25) is 0 Å². The van der Waals surface area contributed by atoms with Gasteiger partial charge in [0.05, 0.1) is 0 Å². The maximum atomic E-state index is 12.9. The molecule has 0 bridgehead atoms. The van der Waals surface area contributed by atoms with E-state index in [-0.39, 0.29) is 31.1 Å². The van der Waals surface area contributed by atoms with Crippen LogP contribution < -0.4 is 0 Å². The molecule has 0 aliphatic rings. The minimum atomic E-state index is -0.777. The van der Waals surface area contributed by atoms with Crippen molar-refractivity contribution in [3.63, 3.8) is 0 Å². The van der Waals surface area contributed by atoms with E-state index in [1.807, 2.05) is 0 Å². The molecule has 6 heteroatoms. The average Bonchev–Trinajstić information content (AvgIpc) is 3.45. The molecular formula is C73H130O6. The first kappa shape index (κ1) is 75.8. The summed E-state index contributed by atoms with van der Waals surface area (Å²) in [6.45, 7) is 6.57. The lowest BCUT2D eigenvalue weighted by molar-refractivity contribution is -0.167. The second kappa shape index (κ2) is 67.4. The lowest BCUT2D eigenvalue weighted by Gasteiger charge is -2.18. The van der Waals surface area contributed by atoms with Crippen LogP contribution in [0.5, 0.6) is 0 Å². The molecule has 0 aliphatic heterocycles. The van der Waals surface area contributed by atoms with Crippen molar-refractivity contribution < 1.29 is 28.6 Å². The summed E-state index contributed by atoms with van der Waals surface area (Å²) in [4.78, 5) is 38.4. The highest BCUT2D eigenvalue weighted by atomic mass is 16.6. The molecule has 0 N–H and O–H groups in total. The van der Waals surface area contributed by atoms with Crippen LogP contribution in [0.3, 0.4) is 0 Å². The molecular weight excluding hydrogens is 973 g/mol. The van der Waals surface area contributed by atoms with Gasteiger partial charge in [-0.05, 0) is 89.9 Å². The van der Waals surface area contributed by atoms with Crippen molar-refractivity contribution in [3.05, 3.63) is 72.9 Å². The molecule has 1 atom stereocenters. The molecule has 6 nitrogen and oxygen atoms in total. The Morgan fingerprint density at radius 1 is 0.266 bits per heavy atom. The summed E-state index contributed by atoms with van der Waals surface area (Å²) < 4.78 is 17.0. The third-order valence-corrected chi connectivity index (χ3v) is 15.2. The number of allylic oxidation sites excluding steroid dienone is 12. The topological polar surface area (TPSA) is 78.9 Å². The van der Waals surface area contributed by atoms with Crippen LogP contribution in [-0.2, 0) is 28.6 Å². The largest absolute Gasteiger partial charge is 0.462 e. The van der Waals surface area contributed by atoms with E-state index in [1.165, 1.54) is 218 Å². The summed E-state index contributed by atoms with van der Waals surface area (Å²) in [6, 6.07) is 0. The van der Waals surface area contributed by atoms with Gasteiger partial charge in [-0.2, -0.15) is 0 Å². The highest BCUT2D eigenvalue weighted by Crippen LogP contribution is 2.18. The summed E-state index contributed by atoms with van der Waals surface area (Å²) >= 11 is 0. The van der Waals surface area contributed by atoms with Gasteiger partial charge in [0.25, 0.3) is 0 Å². The Morgan fingerprint density at radius 3 is 0.785 bits per heavy atom. The number of hydrogen-bond donors (Lipinski definition) is 0. The third-order valence-electron chi connectivity index (χ3n) is 15.2. The van der Waals surface area contributed by atoms with E-state index >= 15 is 0 Å². The van der Waals surface area contributed by atoms with Gasteiger partial charge < -0.3 is 14.2 Å². The van der Waals surface area contributed by atoms with Crippen LogP contribution in [0.25, 0.3) is 0 Å². The van der Waals surface area contributed by atoms with Crippen LogP contribution in [-0.4, -0.2) is 37.2 Å². The fraction of sp³-hybridized carbons (Fsp3) is 0.795. The zero-order valence-electron chi connectivity index (χ0n) is 52.6. The molecule has 0 fully saturated rings. The fourth-order valence-corrected chi connectivity index (χ4v) is 10.1. The smallest absolute Gasteiger partial charge is 0.306 e. The molecule has 0 rings (SSSR count). The summed E-state index contributed by atoms with van der Waals surface area (Å²) in [5.74, 6) is -0.861. The zero-order valence-corrected chi connectivity index (χ0v) is 52.6. The number of unbranched alkanes of at least 4 members (excludes halogenated alkanes) is 40. The molecule has 0 aromatic rings. The minimum absolute atomic E-state index is 0.0740. The van der Waals surface area contributed by atoms with Crippen LogP contribution in [0.15, 0.2) is 72.9 Å². The van der Waals surface area contributed by atoms with E-state index in [9.17, 15) is 14.4 Å². The molecule has 0 heterocycles. The zero-order chi connectivity index (χ0) is 57.1. The molecule has 0 saturated carbocycles. The quantitative estimate of drug-likeness (QED) is 0.0261.